The molecule has 7 nitrogen and oxygen atoms in total. The first-order valence-electron chi connectivity index (χ1n) is 7.14. The number of fused-ring (bicyclic) bond motifs is 1. The molecule has 1 aromatic carbocycles. The van der Waals surface area contributed by atoms with Gasteiger partial charge in [-0.25, -0.2) is 4.98 Å². The van der Waals surface area contributed by atoms with E-state index in [1.165, 1.54) is 17.6 Å². The lowest BCUT2D eigenvalue weighted by molar-refractivity contribution is -0.115. The van der Waals surface area contributed by atoms with E-state index in [2.05, 4.69) is 15.6 Å². The quantitative estimate of drug-likeness (QED) is 0.741. The molecule has 2 amide bonds. The molecule has 0 radical (unpaired) electrons. The molecule has 0 atom stereocenters. The molecule has 0 aliphatic rings. The van der Waals surface area contributed by atoms with Gasteiger partial charge in [0.15, 0.2) is 5.13 Å². The van der Waals surface area contributed by atoms with Crippen molar-refractivity contribution in [2.75, 3.05) is 19.0 Å². The van der Waals surface area contributed by atoms with Crippen LogP contribution in [0.5, 0.6) is 5.75 Å². The number of aryl methyl sites for hydroxylation is 1. The zero-order chi connectivity index (χ0) is 17.1. The first-order valence-corrected chi connectivity index (χ1v) is 7.96. The zero-order valence-electron chi connectivity index (χ0n) is 13.1. The lowest BCUT2D eigenvalue weighted by Crippen LogP contribution is -2.32. The number of nitrogens with zero attached hydrogens (tertiary/aromatic N) is 1. The summed E-state index contributed by atoms with van der Waals surface area (Å²) in [5.41, 5.74) is 1.10. The molecule has 2 aromatic heterocycles. The molecule has 0 bridgehead atoms. The molecule has 2 N–H and O–H groups in total. The minimum atomic E-state index is -0.359. The summed E-state index contributed by atoms with van der Waals surface area (Å²) in [6.45, 7) is 1.53. The highest BCUT2D eigenvalue weighted by Crippen LogP contribution is 2.31. The highest BCUT2D eigenvalue weighted by Gasteiger charge is 2.14. The Balaban J connectivity index is 1.63. The minimum Gasteiger partial charge on any atom is -0.494 e. The summed E-state index contributed by atoms with van der Waals surface area (Å²) in [7, 11) is 1.57. The second-order valence-corrected chi connectivity index (χ2v) is 5.98. The predicted octanol–water partition coefficient (Wildman–Crippen LogP) is 2.57. The third kappa shape index (κ3) is 3.23. The van der Waals surface area contributed by atoms with Gasteiger partial charge in [-0.3, -0.25) is 9.59 Å². The van der Waals surface area contributed by atoms with E-state index >= 15 is 0 Å². The second-order valence-electron chi connectivity index (χ2n) is 4.95. The minimum absolute atomic E-state index is 0.156. The van der Waals surface area contributed by atoms with Gasteiger partial charge in [0.2, 0.25) is 5.91 Å². The Hall–Kier alpha value is -2.87. The summed E-state index contributed by atoms with van der Waals surface area (Å²) in [4.78, 5) is 28.3. The van der Waals surface area contributed by atoms with E-state index in [1.807, 2.05) is 12.1 Å². The number of anilines is 1. The maximum Gasteiger partial charge on any atom is 0.255 e. The van der Waals surface area contributed by atoms with E-state index in [1.54, 1.807) is 26.2 Å². The number of furan rings is 1. The van der Waals surface area contributed by atoms with E-state index < -0.39 is 0 Å². The Morgan fingerprint density at radius 2 is 2.17 bits per heavy atom. The smallest absolute Gasteiger partial charge is 0.255 e. The van der Waals surface area contributed by atoms with Gasteiger partial charge in [0.05, 0.1) is 30.2 Å². The number of benzene rings is 1. The maximum atomic E-state index is 12.0. The summed E-state index contributed by atoms with van der Waals surface area (Å²) >= 11 is 1.34. The predicted molar refractivity (Wildman–Crippen MR) is 90.6 cm³/mol. The van der Waals surface area contributed by atoms with Gasteiger partial charge in [-0.15, -0.1) is 0 Å². The monoisotopic (exact) mass is 345 g/mol. The molecule has 8 heteroatoms. The fourth-order valence-corrected chi connectivity index (χ4v) is 3.08. The van der Waals surface area contributed by atoms with Gasteiger partial charge in [0.25, 0.3) is 5.91 Å². The van der Waals surface area contributed by atoms with Crippen LogP contribution in [0, 0.1) is 6.92 Å². The topological polar surface area (TPSA) is 93.5 Å². The number of para-hydroxylation sites is 1. The zero-order valence-corrected chi connectivity index (χ0v) is 13.9. The molecule has 0 fully saturated rings. The lowest BCUT2D eigenvalue weighted by Gasteiger charge is -2.04. The molecule has 0 saturated heterocycles. The summed E-state index contributed by atoms with van der Waals surface area (Å²) in [5.74, 6) is 0.434. The van der Waals surface area contributed by atoms with Crippen molar-refractivity contribution < 1.29 is 18.7 Å². The molecule has 124 valence electrons. The van der Waals surface area contributed by atoms with Crippen LogP contribution in [0.1, 0.15) is 16.1 Å². The van der Waals surface area contributed by atoms with Crippen LogP contribution in [0.2, 0.25) is 0 Å². The van der Waals surface area contributed by atoms with Crippen molar-refractivity contribution in [3.8, 4) is 5.75 Å². The number of amides is 2. The summed E-state index contributed by atoms with van der Waals surface area (Å²) in [5, 5.41) is 5.67. The van der Waals surface area contributed by atoms with Gasteiger partial charge in [-0.2, -0.15) is 0 Å². The highest BCUT2D eigenvalue weighted by atomic mass is 32.1. The van der Waals surface area contributed by atoms with Gasteiger partial charge in [-0.1, -0.05) is 17.4 Å². The van der Waals surface area contributed by atoms with Crippen molar-refractivity contribution in [3.05, 3.63) is 41.9 Å². The van der Waals surface area contributed by atoms with Gasteiger partial charge in [0.1, 0.15) is 17.0 Å². The average Bonchev–Trinajstić information content (AvgIpc) is 3.17. The first kappa shape index (κ1) is 16.0. The normalized spacial score (nSPS) is 10.6. The molecule has 0 unspecified atom stereocenters. The van der Waals surface area contributed by atoms with Crippen molar-refractivity contribution in [1.29, 1.82) is 0 Å². The number of methoxy groups -OCH3 is 1. The Kier molecular flexibility index (Phi) is 4.48. The lowest BCUT2D eigenvalue weighted by atomic mass is 10.2. The van der Waals surface area contributed by atoms with E-state index in [0.29, 0.717) is 27.7 Å². The van der Waals surface area contributed by atoms with Crippen LogP contribution in [0.4, 0.5) is 5.13 Å². The van der Waals surface area contributed by atoms with Crippen molar-refractivity contribution >= 4 is 38.5 Å². The number of aromatic nitrogens is 1. The molecule has 0 aliphatic heterocycles. The molecule has 3 rings (SSSR count). The van der Waals surface area contributed by atoms with Gasteiger partial charge in [-0.05, 0) is 25.1 Å². The van der Waals surface area contributed by atoms with E-state index in [-0.39, 0.29) is 18.4 Å². The number of hydrogen-bond donors (Lipinski definition) is 2. The van der Waals surface area contributed by atoms with Crippen LogP contribution < -0.4 is 15.4 Å². The molecule has 24 heavy (non-hydrogen) atoms. The Morgan fingerprint density at radius 3 is 2.88 bits per heavy atom. The number of thiazole rings is 1. The van der Waals surface area contributed by atoms with Crippen LogP contribution >= 0.6 is 11.3 Å². The van der Waals surface area contributed by atoms with E-state index in [0.717, 1.165) is 4.70 Å². The number of nitrogens with one attached hydrogen (secondary N) is 2. The van der Waals surface area contributed by atoms with Crippen LogP contribution in [-0.2, 0) is 4.79 Å². The average molecular weight is 345 g/mol. The largest absolute Gasteiger partial charge is 0.494 e. The third-order valence-corrected chi connectivity index (χ3v) is 4.30. The van der Waals surface area contributed by atoms with E-state index in [4.69, 9.17) is 9.15 Å². The number of hydrogen-bond acceptors (Lipinski definition) is 6. The van der Waals surface area contributed by atoms with E-state index in [9.17, 15) is 9.59 Å². The molecular formula is C16H15N3O4S. The van der Waals surface area contributed by atoms with Gasteiger partial charge in [0, 0.05) is 0 Å². The first-order chi connectivity index (χ1) is 11.6. The molecule has 0 aliphatic carbocycles. The van der Waals surface area contributed by atoms with Crippen molar-refractivity contribution in [2.45, 2.75) is 6.92 Å². The number of carbonyl (C=O) groups is 2. The van der Waals surface area contributed by atoms with Crippen molar-refractivity contribution in [3.63, 3.8) is 0 Å². The molecule has 2 heterocycles. The Labute approximate surface area is 141 Å². The Morgan fingerprint density at radius 1 is 1.33 bits per heavy atom. The summed E-state index contributed by atoms with van der Waals surface area (Å²) in [6.07, 6.45) is 1.43. The van der Waals surface area contributed by atoms with Crippen molar-refractivity contribution in [2.24, 2.45) is 0 Å². The van der Waals surface area contributed by atoms with Gasteiger partial charge >= 0.3 is 0 Å². The fraction of sp³-hybridized carbons (Fsp3) is 0.188. The van der Waals surface area contributed by atoms with Gasteiger partial charge < -0.3 is 19.8 Å². The Bertz CT molecular complexity index is 900. The van der Waals surface area contributed by atoms with Crippen LogP contribution in [0.25, 0.3) is 10.2 Å². The van der Waals surface area contributed by atoms with Crippen LogP contribution in [0.3, 0.4) is 0 Å². The standard InChI is InChI=1S/C16H15N3O4S/c1-9-10(6-7-23-9)15(21)17-8-13(20)18-16-19-14-11(22-2)4-3-5-12(14)24-16/h3-7H,8H2,1-2H3,(H,17,21)(H,18,19,20). The summed E-state index contributed by atoms with van der Waals surface area (Å²) in [6, 6.07) is 7.12. The summed E-state index contributed by atoms with van der Waals surface area (Å²) < 4.78 is 11.2. The molecule has 0 saturated carbocycles. The fourth-order valence-electron chi connectivity index (χ4n) is 2.18. The number of rotatable bonds is 5. The molecule has 0 spiro atoms. The SMILES string of the molecule is COc1cccc2sc(NC(=O)CNC(=O)c3ccoc3C)nc12. The van der Waals surface area contributed by atoms with Crippen LogP contribution in [0.15, 0.2) is 34.9 Å². The molecular weight excluding hydrogens is 330 g/mol. The second kappa shape index (κ2) is 6.71. The highest BCUT2D eigenvalue weighted by molar-refractivity contribution is 7.22. The number of carbonyl (C=O) groups excluding carboxylic acids is 2. The molecule has 3 aromatic rings. The van der Waals surface area contributed by atoms with Crippen LogP contribution in [-0.4, -0.2) is 30.5 Å². The van der Waals surface area contributed by atoms with Crippen molar-refractivity contribution in [1.82, 2.24) is 10.3 Å². The third-order valence-electron chi connectivity index (χ3n) is 3.36. The number of ether oxygens (including phenoxy) is 1. The maximum absolute atomic E-state index is 12.0.